The summed E-state index contributed by atoms with van der Waals surface area (Å²) in [5, 5.41) is 8.83. The number of fused-ring (bicyclic) bond motifs is 1. The van der Waals surface area contributed by atoms with Crippen LogP contribution in [0.2, 0.25) is 0 Å². The molecule has 144 valence electrons. The molecule has 2 N–H and O–H groups in total. The van der Waals surface area contributed by atoms with Crippen molar-refractivity contribution in [2.75, 3.05) is 12.1 Å². The standard InChI is InChI=1S/C16H17N3O8/c20-13(16-3-7(4-16)5-16)24-6-8-10-11(27-15(22)26-10)12(25-8)19-2-1-9(18-23)17-14(19)21/h1-2,7-8,10-12,23H,3-6H2,(H,17,18,21)/t7?,8?,10-,11-,12-,16?/m1/s1. The zero-order valence-electron chi connectivity index (χ0n) is 14.1. The fourth-order valence-electron chi connectivity index (χ4n) is 4.29. The van der Waals surface area contributed by atoms with E-state index in [1.54, 1.807) is 5.48 Å². The molecule has 5 aliphatic rings. The van der Waals surface area contributed by atoms with Crippen LogP contribution in [0.25, 0.3) is 0 Å². The van der Waals surface area contributed by atoms with Crippen molar-refractivity contribution < 1.29 is 33.7 Å². The predicted molar refractivity (Wildman–Crippen MR) is 83.7 cm³/mol. The molecule has 5 fully saturated rings. The summed E-state index contributed by atoms with van der Waals surface area (Å²) in [4.78, 5) is 39.6. The Balaban J connectivity index is 1.32. The minimum atomic E-state index is -0.979. The quantitative estimate of drug-likeness (QED) is 0.538. The van der Waals surface area contributed by atoms with Crippen molar-refractivity contribution in [3.05, 3.63) is 22.7 Å². The molecule has 11 nitrogen and oxygen atoms in total. The Morgan fingerprint density at radius 3 is 2.70 bits per heavy atom. The zero-order valence-corrected chi connectivity index (χ0v) is 14.1. The summed E-state index contributed by atoms with van der Waals surface area (Å²) in [5.41, 5.74) is 0.727. The summed E-state index contributed by atoms with van der Waals surface area (Å²) in [5.74, 6) is 0.361. The van der Waals surface area contributed by atoms with Gasteiger partial charge in [0.15, 0.2) is 24.3 Å². The highest BCUT2D eigenvalue weighted by Gasteiger charge is 2.63. The molecule has 2 aliphatic heterocycles. The number of carbonyl (C=O) groups is 2. The third-order valence-electron chi connectivity index (χ3n) is 5.82. The lowest BCUT2D eigenvalue weighted by atomic mass is 9.44. The molecule has 1 unspecified atom stereocenters. The van der Waals surface area contributed by atoms with Crippen LogP contribution in [-0.2, 0) is 23.7 Å². The summed E-state index contributed by atoms with van der Waals surface area (Å²) in [6, 6.07) is 1.35. The maximum atomic E-state index is 12.3. The molecule has 27 heavy (non-hydrogen) atoms. The topological polar surface area (TPSA) is 138 Å². The van der Waals surface area contributed by atoms with E-state index in [9.17, 15) is 14.4 Å². The molecule has 3 saturated carbocycles. The van der Waals surface area contributed by atoms with E-state index in [2.05, 4.69) is 4.98 Å². The van der Waals surface area contributed by atoms with Gasteiger partial charge in [0.1, 0.15) is 12.7 Å². The Labute approximate surface area is 152 Å². The van der Waals surface area contributed by atoms with E-state index in [0.29, 0.717) is 5.92 Å². The molecule has 1 aromatic rings. The SMILES string of the molecule is O=C1O[C@@H]2[C@H](O1)C(COC(=O)C13CC(C1)C3)O[C@H]2n1ccc(NO)nc1=O. The van der Waals surface area contributed by atoms with Crippen molar-refractivity contribution in [1.82, 2.24) is 9.55 Å². The smallest absolute Gasteiger partial charge is 0.462 e. The Kier molecular flexibility index (Phi) is 3.46. The molecule has 0 amide bonds. The predicted octanol–water partition coefficient (Wildman–Crippen LogP) is 0.189. The van der Waals surface area contributed by atoms with Gasteiger partial charge in [-0.3, -0.25) is 20.0 Å². The van der Waals surface area contributed by atoms with Gasteiger partial charge in [-0.15, -0.1) is 0 Å². The normalized spacial score (nSPS) is 38.1. The number of hydrogen-bond donors (Lipinski definition) is 2. The van der Waals surface area contributed by atoms with E-state index in [1.807, 2.05) is 0 Å². The molecular weight excluding hydrogens is 362 g/mol. The highest BCUT2D eigenvalue weighted by molar-refractivity contribution is 5.80. The third kappa shape index (κ3) is 2.42. The molecule has 2 saturated heterocycles. The fourth-order valence-corrected chi connectivity index (χ4v) is 4.29. The first-order valence-corrected chi connectivity index (χ1v) is 8.68. The zero-order chi connectivity index (χ0) is 18.8. The molecule has 0 aromatic carbocycles. The van der Waals surface area contributed by atoms with Crippen LogP contribution >= 0.6 is 0 Å². The van der Waals surface area contributed by atoms with Gasteiger partial charge in [-0.05, 0) is 31.2 Å². The molecule has 3 aliphatic carbocycles. The summed E-state index contributed by atoms with van der Waals surface area (Å²) in [7, 11) is 0. The van der Waals surface area contributed by atoms with Crippen LogP contribution in [0.5, 0.6) is 0 Å². The monoisotopic (exact) mass is 379 g/mol. The summed E-state index contributed by atoms with van der Waals surface area (Å²) < 4.78 is 22.6. The maximum Gasteiger partial charge on any atom is 0.509 e. The van der Waals surface area contributed by atoms with Crippen LogP contribution in [0, 0.1) is 11.3 Å². The minimum absolute atomic E-state index is 0.0329. The van der Waals surface area contributed by atoms with Gasteiger partial charge >= 0.3 is 17.8 Å². The highest BCUT2D eigenvalue weighted by Crippen LogP contribution is 2.64. The average molecular weight is 379 g/mol. The van der Waals surface area contributed by atoms with Crippen LogP contribution < -0.4 is 11.2 Å². The summed E-state index contributed by atoms with van der Waals surface area (Å²) in [6.45, 7) is -0.0992. The molecule has 6 rings (SSSR count). The third-order valence-corrected chi connectivity index (χ3v) is 5.82. The van der Waals surface area contributed by atoms with Crippen molar-refractivity contribution in [1.29, 1.82) is 0 Å². The fraction of sp³-hybridized carbons (Fsp3) is 0.625. The number of carbonyl (C=O) groups excluding carboxylic acids is 2. The van der Waals surface area contributed by atoms with Crippen LogP contribution in [-0.4, -0.2) is 51.8 Å². The number of nitrogens with zero attached hydrogens (tertiary/aromatic N) is 2. The molecule has 3 heterocycles. The Hall–Kier alpha value is -2.66. The Bertz CT molecular complexity index is 852. The molecular formula is C16H17N3O8. The second-order valence-electron chi connectivity index (χ2n) is 7.45. The van der Waals surface area contributed by atoms with Crippen molar-refractivity contribution in [2.45, 2.75) is 43.8 Å². The second-order valence-corrected chi connectivity index (χ2v) is 7.45. The summed E-state index contributed by atoms with van der Waals surface area (Å²) >= 11 is 0. The molecule has 4 atom stereocenters. The van der Waals surface area contributed by atoms with E-state index >= 15 is 0 Å². The summed E-state index contributed by atoms with van der Waals surface area (Å²) in [6.07, 6.45) is -0.322. The first-order valence-electron chi connectivity index (χ1n) is 8.68. The first-order chi connectivity index (χ1) is 13.0. The van der Waals surface area contributed by atoms with E-state index in [-0.39, 0.29) is 23.8 Å². The van der Waals surface area contributed by atoms with Gasteiger partial charge in [0.05, 0.1) is 5.41 Å². The number of nitrogens with one attached hydrogen (secondary N) is 1. The lowest BCUT2D eigenvalue weighted by Crippen LogP contribution is -2.57. The van der Waals surface area contributed by atoms with Gasteiger partial charge in [0.25, 0.3) is 0 Å². The van der Waals surface area contributed by atoms with Crippen LogP contribution in [0.15, 0.2) is 17.1 Å². The van der Waals surface area contributed by atoms with Crippen LogP contribution in [0.4, 0.5) is 10.6 Å². The van der Waals surface area contributed by atoms with Gasteiger partial charge in [0, 0.05) is 6.20 Å². The molecule has 0 radical (unpaired) electrons. The number of esters is 1. The lowest BCUT2D eigenvalue weighted by molar-refractivity contribution is -0.196. The Morgan fingerprint density at radius 2 is 2.07 bits per heavy atom. The number of ether oxygens (including phenoxy) is 4. The average Bonchev–Trinajstić information content (AvgIpc) is 3.08. The van der Waals surface area contributed by atoms with E-state index < -0.39 is 36.4 Å². The van der Waals surface area contributed by atoms with Crippen molar-refractivity contribution in [3.8, 4) is 0 Å². The van der Waals surface area contributed by atoms with E-state index in [1.165, 1.54) is 12.3 Å². The minimum Gasteiger partial charge on any atom is -0.462 e. The van der Waals surface area contributed by atoms with Crippen LogP contribution in [0.1, 0.15) is 25.5 Å². The molecule has 1 aromatic heterocycles. The lowest BCUT2D eigenvalue weighted by Gasteiger charge is -2.59. The van der Waals surface area contributed by atoms with Gasteiger partial charge in [-0.2, -0.15) is 4.98 Å². The largest absolute Gasteiger partial charge is 0.509 e. The molecule has 2 bridgehead atoms. The van der Waals surface area contributed by atoms with Gasteiger partial charge in [0.2, 0.25) is 0 Å². The molecule has 0 spiro atoms. The number of aromatic nitrogens is 2. The number of hydrogen-bond acceptors (Lipinski definition) is 10. The van der Waals surface area contributed by atoms with Gasteiger partial charge < -0.3 is 18.9 Å². The molecule has 11 heteroatoms. The van der Waals surface area contributed by atoms with E-state index in [0.717, 1.165) is 23.8 Å². The van der Waals surface area contributed by atoms with Crippen LogP contribution in [0.3, 0.4) is 0 Å². The van der Waals surface area contributed by atoms with Gasteiger partial charge in [-0.1, -0.05) is 0 Å². The number of rotatable bonds is 5. The second kappa shape index (κ2) is 5.67. The number of anilines is 1. The first kappa shape index (κ1) is 16.5. The van der Waals surface area contributed by atoms with Gasteiger partial charge in [-0.25, -0.2) is 9.59 Å². The van der Waals surface area contributed by atoms with Crippen molar-refractivity contribution >= 4 is 17.9 Å². The Morgan fingerprint density at radius 1 is 1.33 bits per heavy atom. The highest BCUT2D eigenvalue weighted by atomic mass is 16.8. The van der Waals surface area contributed by atoms with E-state index in [4.69, 9.17) is 24.2 Å². The maximum absolute atomic E-state index is 12.3. The van der Waals surface area contributed by atoms with Crippen molar-refractivity contribution in [3.63, 3.8) is 0 Å². The van der Waals surface area contributed by atoms with Crippen molar-refractivity contribution in [2.24, 2.45) is 11.3 Å².